The molecule has 2 heterocycles. The topological polar surface area (TPSA) is 71.1 Å². The monoisotopic (exact) mass is 365 g/mol. The smallest absolute Gasteiger partial charge is 0.267 e. The predicted octanol–water partition coefficient (Wildman–Crippen LogP) is 4.08. The third-order valence-corrected chi connectivity index (χ3v) is 5.18. The molecule has 2 aromatic heterocycles. The van der Waals surface area contributed by atoms with Crippen LogP contribution < -0.4 is 10.6 Å². The Morgan fingerprint density at radius 3 is 2.83 bits per heavy atom. The fourth-order valence-corrected chi connectivity index (χ4v) is 3.60. The fraction of sp³-hybridized carbons (Fsp3) is 0.471. The fourth-order valence-electron chi connectivity index (χ4n) is 2.28. The number of aromatic nitrogens is 1. The van der Waals surface area contributed by atoms with Crippen molar-refractivity contribution in [1.29, 1.82) is 0 Å². The van der Waals surface area contributed by atoms with E-state index in [-0.39, 0.29) is 24.3 Å². The summed E-state index contributed by atoms with van der Waals surface area (Å²) in [5, 5.41) is 9.95. The zero-order chi connectivity index (χ0) is 17.4. The molecule has 0 spiro atoms. The second-order valence-electron chi connectivity index (χ2n) is 5.72. The Kier molecular flexibility index (Phi) is 7.39. The van der Waals surface area contributed by atoms with Crippen LogP contribution in [-0.2, 0) is 11.2 Å². The van der Waals surface area contributed by atoms with Gasteiger partial charge < -0.3 is 5.32 Å². The largest absolute Gasteiger partial charge is 0.353 e. The third kappa shape index (κ3) is 6.05. The van der Waals surface area contributed by atoms with E-state index in [1.54, 1.807) is 6.07 Å². The lowest BCUT2D eigenvalue weighted by Crippen LogP contribution is -2.33. The first kappa shape index (κ1) is 18.6. The van der Waals surface area contributed by atoms with E-state index in [4.69, 9.17) is 0 Å². The van der Waals surface area contributed by atoms with Gasteiger partial charge in [-0.1, -0.05) is 32.3 Å². The number of rotatable bonds is 9. The van der Waals surface area contributed by atoms with Crippen molar-refractivity contribution in [2.45, 2.75) is 52.0 Å². The minimum Gasteiger partial charge on any atom is -0.353 e. The highest BCUT2D eigenvalue weighted by atomic mass is 32.1. The van der Waals surface area contributed by atoms with Crippen molar-refractivity contribution >= 4 is 39.6 Å². The number of hydrogen-bond acceptors (Lipinski definition) is 5. The SMILES string of the molecule is CCCCCC(C)NC(=O)Cc1csc(NC(=O)c2cccs2)n1. The maximum Gasteiger partial charge on any atom is 0.267 e. The normalized spacial score (nSPS) is 11.9. The average molecular weight is 366 g/mol. The van der Waals surface area contributed by atoms with Gasteiger partial charge in [0, 0.05) is 11.4 Å². The van der Waals surface area contributed by atoms with Crippen LogP contribution in [0.5, 0.6) is 0 Å². The van der Waals surface area contributed by atoms with Gasteiger partial charge in [0.1, 0.15) is 0 Å². The molecule has 2 rings (SSSR count). The van der Waals surface area contributed by atoms with Crippen molar-refractivity contribution in [3.05, 3.63) is 33.5 Å². The van der Waals surface area contributed by atoms with Crippen LogP contribution in [0.3, 0.4) is 0 Å². The van der Waals surface area contributed by atoms with Gasteiger partial charge in [-0.05, 0) is 24.8 Å². The Morgan fingerprint density at radius 2 is 2.12 bits per heavy atom. The van der Waals surface area contributed by atoms with E-state index in [1.807, 2.05) is 23.8 Å². The van der Waals surface area contributed by atoms with E-state index in [2.05, 4.69) is 22.5 Å². The van der Waals surface area contributed by atoms with Crippen LogP contribution in [-0.4, -0.2) is 22.8 Å². The Hall–Kier alpha value is -1.73. The standard InChI is InChI=1S/C17H23N3O2S2/c1-3-4-5-7-12(2)18-15(21)10-13-11-24-17(19-13)20-16(22)14-8-6-9-23-14/h6,8-9,11-12H,3-5,7,10H2,1-2H3,(H,18,21)(H,19,20,22). The molecule has 0 saturated heterocycles. The van der Waals surface area contributed by atoms with Gasteiger partial charge in [0.25, 0.3) is 5.91 Å². The summed E-state index contributed by atoms with van der Waals surface area (Å²) in [5.74, 6) is -0.194. The first-order chi connectivity index (χ1) is 11.6. The highest BCUT2D eigenvalue weighted by molar-refractivity contribution is 7.14. The Balaban J connectivity index is 1.78. The Labute approximate surface area is 150 Å². The summed E-state index contributed by atoms with van der Waals surface area (Å²) < 4.78 is 0. The van der Waals surface area contributed by atoms with Gasteiger partial charge in [0.2, 0.25) is 5.91 Å². The molecule has 0 aliphatic rings. The molecule has 2 amide bonds. The molecule has 7 heteroatoms. The Morgan fingerprint density at radius 1 is 1.29 bits per heavy atom. The number of thiazole rings is 1. The van der Waals surface area contributed by atoms with E-state index < -0.39 is 0 Å². The summed E-state index contributed by atoms with van der Waals surface area (Å²) >= 11 is 2.72. The number of nitrogens with one attached hydrogen (secondary N) is 2. The summed E-state index contributed by atoms with van der Waals surface area (Å²) in [5.41, 5.74) is 0.680. The molecule has 130 valence electrons. The van der Waals surface area contributed by atoms with E-state index >= 15 is 0 Å². The lowest BCUT2D eigenvalue weighted by molar-refractivity contribution is -0.121. The van der Waals surface area contributed by atoms with Gasteiger partial charge in [0.05, 0.1) is 17.0 Å². The van der Waals surface area contributed by atoms with Crippen LogP contribution in [0.15, 0.2) is 22.9 Å². The van der Waals surface area contributed by atoms with Crippen molar-refractivity contribution < 1.29 is 9.59 Å². The maximum atomic E-state index is 12.0. The molecule has 1 atom stereocenters. The van der Waals surface area contributed by atoms with Crippen LogP contribution in [0.4, 0.5) is 5.13 Å². The molecule has 0 aliphatic carbocycles. The molecular formula is C17H23N3O2S2. The number of amides is 2. The lowest BCUT2D eigenvalue weighted by atomic mass is 10.1. The lowest BCUT2D eigenvalue weighted by Gasteiger charge is -2.12. The maximum absolute atomic E-state index is 12.0. The average Bonchev–Trinajstić information content (AvgIpc) is 3.19. The highest BCUT2D eigenvalue weighted by Crippen LogP contribution is 2.18. The Bertz CT molecular complexity index is 653. The summed E-state index contributed by atoms with van der Waals surface area (Å²) in [7, 11) is 0. The molecule has 0 bridgehead atoms. The quantitative estimate of drug-likeness (QED) is 0.658. The number of thiophene rings is 1. The second kappa shape index (κ2) is 9.54. The summed E-state index contributed by atoms with van der Waals surface area (Å²) in [4.78, 5) is 29.0. The molecule has 0 aromatic carbocycles. The molecule has 0 aliphatic heterocycles. The van der Waals surface area contributed by atoms with E-state index in [1.165, 1.54) is 35.5 Å². The van der Waals surface area contributed by atoms with Crippen LogP contribution in [0.1, 0.15) is 54.9 Å². The molecule has 1 unspecified atom stereocenters. The van der Waals surface area contributed by atoms with Crippen molar-refractivity contribution in [3.8, 4) is 0 Å². The van der Waals surface area contributed by atoms with Crippen molar-refractivity contribution in [1.82, 2.24) is 10.3 Å². The zero-order valence-electron chi connectivity index (χ0n) is 14.0. The van der Waals surface area contributed by atoms with Crippen LogP contribution in [0.2, 0.25) is 0 Å². The zero-order valence-corrected chi connectivity index (χ0v) is 15.6. The van der Waals surface area contributed by atoms with Crippen molar-refractivity contribution in [2.24, 2.45) is 0 Å². The summed E-state index contributed by atoms with van der Waals surface area (Å²) in [6, 6.07) is 3.78. The number of carbonyl (C=O) groups is 2. The molecular weight excluding hydrogens is 342 g/mol. The third-order valence-electron chi connectivity index (χ3n) is 3.51. The van der Waals surface area contributed by atoms with Crippen LogP contribution in [0.25, 0.3) is 0 Å². The number of unbranched alkanes of at least 4 members (excludes halogenated alkanes) is 2. The van der Waals surface area contributed by atoms with Gasteiger partial charge in [-0.3, -0.25) is 14.9 Å². The summed E-state index contributed by atoms with van der Waals surface area (Å²) in [6.45, 7) is 4.20. The molecule has 2 N–H and O–H groups in total. The first-order valence-corrected chi connectivity index (χ1v) is 9.93. The molecule has 0 fully saturated rings. The van der Waals surface area contributed by atoms with Gasteiger partial charge in [0.15, 0.2) is 5.13 Å². The number of carbonyl (C=O) groups excluding carboxylic acids is 2. The van der Waals surface area contributed by atoms with Gasteiger partial charge in [-0.15, -0.1) is 22.7 Å². The second-order valence-corrected chi connectivity index (χ2v) is 7.52. The highest BCUT2D eigenvalue weighted by Gasteiger charge is 2.13. The first-order valence-electron chi connectivity index (χ1n) is 8.17. The molecule has 2 aromatic rings. The predicted molar refractivity (Wildman–Crippen MR) is 99.8 cm³/mol. The number of nitrogens with zero attached hydrogens (tertiary/aromatic N) is 1. The van der Waals surface area contributed by atoms with Gasteiger partial charge >= 0.3 is 0 Å². The molecule has 5 nitrogen and oxygen atoms in total. The van der Waals surface area contributed by atoms with E-state index in [0.717, 1.165) is 12.8 Å². The minimum atomic E-state index is -0.167. The molecule has 0 radical (unpaired) electrons. The van der Waals surface area contributed by atoms with Crippen LogP contribution >= 0.6 is 22.7 Å². The van der Waals surface area contributed by atoms with E-state index in [9.17, 15) is 9.59 Å². The summed E-state index contributed by atoms with van der Waals surface area (Å²) in [6.07, 6.45) is 4.74. The molecule has 24 heavy (non-hydrogen) atoms. The minimum absolute atomic E-state index is 0.0274. The van der Waals surface area contributed by atoms with E-state index in [0.29, 0.717) is 15.7 Å². The van der Waals surface area contributed by atoms with Gasteiger partial charge in [-0.2, -0.15) is 0 Å². The van der Waals surface area contributed by atoms with Crippen LogP contribution in [0, 0.1) is 0 Å². The van der Waals surface area contributed by atoms with Crippen molar-refractivity contribution in [2.75, 3.05) is 5.32 Å². The van der Waals surface area contributed by atoms with Crippen molar-refractivity contribution in [3.63, 3.8) is 0 Å². The van der Waals surface area contributed by atoms with Gasteiger partial charge in [-0.25, -0.2) is 4.98 Å². The number of anilines is 1. The number of hydrogen-bond donors (Lipinski definition) is 2. The molecule has 0 saturated carbocycles.